The maximum absolute atomic E-state index is 12.7. The minimum Gasteiger partial charge on any atom is -0.494 e. The number of nitrogens with one attached hydrogen (secondary N) is 2. The summed E-state index contributed by atoms with van der Waals surface area (Å²) in [6.07, 6.45) is 7.88. The monoisotopic (exact) mass is 523 g/mol. The number of methoxy groups -OCH3 is 1. The number of carbonyl (C=O) groups is 1. The van der Waals surface area contributed by atoms with E-state index in [-0.39, 0.29) is 11.3 Å². The number of Topliss-reactive ketones (excluding diaryl/α,β-unsaturated/α-hetero) is 1. The number of nitrogens with zero attached hydrogens (tertiary/aromatic N) is 7. The van der Waals surface area contributed by atoms with Crippen LogP contribution in [0, 0.1) is 0 Å². The third-order valence-electron chi connectivity index (χ3n) is 5.86. The number of ether oxygens (including phenoxy) is 1. The highest BCUT2D eigenvalue weighted by Gasteiger charge is 2.18. The summed E-state index contributed by atoms with van der Waals surface area (Å²) in [5.74, 6) is 1.95. The number of para-hydroxylation sites is 1. The lowest BCUT2D eigenvalue weighted by atomic mass is 10.1. The quantitative estimate of drug-likeness (QED) is 0.273. The largest absolute Gasteiger partial charge is 0.494 e. The molecule has 0 aliphatic rings. The van der Waals surface area contributed by atoms with Crippen molar-refractivity contribution in [1.29, 1.82) is 0 Å². The number of hydrogen-bond acceptors (Lipinski definition) is 10. The van der Waals surface area contributed by atoms with Gasteiger partial charge in [0.15, 0.2) is 17.4 Å². The Morgan fingerprint density at radius 1 is 0.974 bits per heavy atom. The molecule has 0 aliphatic carbocycles. The number of hydrogen-bond donors (Lipinski definition) is 2. The van der Waals surface area contributed by atoms with Crippen molar-refractivity contribution in [3.63, 3.8) is 0 Å². The van der Waals surface area contributed by atoms with Gasteiger partial charge < -0.3 is 15.4 Å². The van der Waals surface area contributed by atoms with Crippen molar-refractivity contribution in [1.82, 2.24) is 34.3 Å². The van der Waals surface area contributed by atoms with Crippen molar-refractivity contribution in [2.75, 3.05) is 17.7 Å². The number of benzene rings is 1. The Morgan fingerprint density at radius 2 is 1.82 bits per heavy atom. The minimum atomic E-state index is -0.209. The second kappa shape index (κ2) is 10.9. The molecule has 0 unspecified atom stereocenters. The second-order valence-corrected chi connectivity index (χ2v) is 8.46. The van der Waals surface area contributed by atoms with Crippen LogP contribution in [0.2, 0.25) is 0 Å². The average Bonchev–Trinajstić information content (AvgIpc) is 3.39. The van der Waals surface area contributed by atoms with Gasteiger partial charge in [0.25, 0.3) is 5.56 Å². The van der Waals surface area contributed by atoms with Crippen molar-refractivity contribution >= 4 is 28.8 Å². The van der Waals surface area contributed by atoms with Crippen LogP contribution >= 0.6 is 0 Å². The Balaban J connectivity index is 1.46. The Kier molecular flexibility index (Phi) is 7.08. The van der Waals surface area contributed by atoms with Gasteiger partial charge in [-0.2, -0.15) is 5.10 Å². The first-order valence-electron chi connectivity index (χ1n) is 12.1. The molecule has 0 atom stereocenters. The molecule has 5 aromatic rings. The van der Waals surface area contributed by atoms with E-state index in [4.69, 9.17) is 4.74 Å². The van der Waals surface area contributed by atoms with E-state index in [1.54, 1.807) is 56.5 Å². The molecule has 4 heterocycles. The molecular weight excluding hydrogens is 498 g/mol. The zero-order valence-electron chi connectivity index (χ0n) is 21.5. The van der Waals surface area contributed by atoms with Crippen LogP contribution in [-0.4, -0.2) is 47.2 Å². The van der Waals surface area contributed by atoms with Crippen molar-refractivity contribution in [2.45, 2.75) is 13.3 Å². The first-order chi connectivity index (χ1) is 19.0. The van der Waals surface area contributed by atoms with E-state index in [0.29, 0.717) is 57.8 Å². The zero-order valence-corrected chi connectivity index (χ0v) is 21.5. The van der Waals surface area contributed by atoms with Gasteiger partial charge in [-0.15, -0.1) is 0 Å². The summed E-state index contributed by atoms with van der Waals surface area (Å²) >= 11 is 0. The van der Waals surface area contributed by atoms with E-state index in [1.807, 2.05) is 18.2 Å². The topological polar surface area (TPSA) is 142 Å². The highest BCUT2D eigenvalue weighted by Crippen LogP contribution is 2.37. The van der Waals surface area contributed by atoms with E-state index < -0.39 is 0 Å². The van der Waals surface area contributed by atoms with Crippen molar-refractivity contribution in [2.24, 2.45) is 7.05 Å². The van der Waals surface area contributed by atoms with Crippen molar-refractivity contribution in [3.05, 3.63) is 89.6 Å². The molecule has 0 spiro atoms. The minimum absolute atomic E-state index is 0.0672. The summed E-state index contributed by atoms with van der Waals surface area (Å²) in [5, 5.41) is 10.9. The van der Waals surface area contributed by atoms with Crippen LogP contribution in [0.5, 0.6) is 5.75 Å². The van der Waals surface area contributed by atoms with Gasteiger partial charge in [0.2, 0.25) is 0 Å². The van der Waals surface area contributed by atoms with Crippen molar-refractivity contribution < 1.29 is 9.53 Å². The number of ketones is 1. The molecule has 0 fully saturated rings. The smallest absolute Gasteiger partial charge is 0.257 e. The number of aromatic nitrogens is 7. The molecule has 39 heavy (non-hydrogen) atoms. The van der Waals surface area contributed by atoms with E-state index in [9.17, 15) is 9.59 Å². The van der Waals surface area contributed by atoms with Crippen LogP contribution in [0.15, 0.2) is 78.5 Å². The fraction of sp³-hybridized carbons (Fsp3) is 0.148. The van der Waals surface area contributed by atoms with E-state index in [0.717, 1.165) is 0 Å². The van der Waals surface area contributed by atoms with E-state index >= 15 is 0 Å². The zero-order chi connectivity index (χ0) is 27.4. The van der Waals surface area contributed by atoms with Crippen molar-refractivity contribution in [3.8, 4) is 22.8 Å². The number of pyridine rings is 2. The van der Waals surface area contributed by atoms with Crippen LogP contribution in [0.1, 0.15) is 23.7 Å². The highest BCUT2D eigenvalue weighted by molar-refractivity contribution is 6.02. The first-order valence-corrected chi connectivity index (χ1v) is 12.1. The third kappa shape index (κ3) is 5.34. The van der Waals surface area contributed by atoms with E-state index in [2.05, 4.69) is 35.7 Å². The molecule has 1 aromatic carbocycles. The summed E-state index contributed by atoms with van der Waals surface area (Å²) in [7, 11) is 3.36. The van der Waals surface area contributed by atoms with Crippen LogP contribution < -0.4 is 20.9 Å². The fourth-order valence-corrected chi connectivity index (χ4v) is 3.96. The van der Waals surface area contributed by atoms with Gasteiger partial charge >= 0.3 is 0 Å². The van der Waals surface area contributed by atoms with Gasteiger partial charge in [-0.25, -0.2) is 19.9 Å². The molecule has 2 N–H and O–H groups in total. The molecule has 12 heteroatoms. The van der Waals surface area contributed by atoms with Gasteiger partial charge in [-0.05, 0) is 24.3 Å². The molecule has 0 amide bonds. The summed E-state index contributed by atoms with van der Waals surface area (Å²) in [4.78, 5) is 41.9. The Labute approximate surface area is 223 Å². The Bertz CT molecular complexity index is 1690. The molecule has 196 valence electrons. The third-order valence-corrected chi connectivity index (χ3v) is 5.86. The standard InChI is InChI=1S/C27H25N9O3/c1-4-22(37)19-14-30-24(33-23-9-8-17(13-29-23)36-15-28-11-10-25(36)38)12-21(19)32-20-7-5-6-18(26(20)39-3)27-31-16-35(2)34-27/h5-16H,4H2,1-3H3,(H2,29,30,32,33). The molecule has 0 bridgehead atoms. The molecule has 0 aliphatic heterocycles. The molecule has 0 saturated heterocycles. The number of aryl methyl sites for hydroxylation is 1. The Morgan fingerprint density at radius 3 is 2.51 bits per heavy atom. The molecular formula is C27H25N9O3. The first kappa shape index (κ1) is 25.3. The van der Waals surface area contributed by atoms with Crippen LogP contribution in [0.3, 0.4) is 0 Å². The maximum atomic E-state index is 12.7. The Hall–Kier alpha value is -5.39. The van der Waals surface area contributed by atoms with Gasteiger partial charge in [0, 0.05) is 38.0 Å². The summed E-state index contributed by atoms with van der Waals surface area (Å²) in [6, 6.07) is 12.1. The van der Waals surface area contributed by atoms with Gasteiger partial charge in [-0.1, -0.05) is 13.0 Å². The predicted octanol–water partition coefficient (Wildman–Crippen LogP) is 3.91. The van der Waals surface area contributed by atoms with Gasteiger partial charge in [0.1, 0.15) is 24.3 Å². The second-order valence-electron chi connectivity index (χ2n) is 8.46. The van der Waals surface area contributed by atoms with E-state index in [1.165, 1.54) is 29.4 Å². The number of carbonyl (C=O) groups excluding carboxylic acids is 1. The number of rotatable bonds is 9. The lowest BCUT2D eigenvalue weighted by Gasteiger charge is -2.17. The molecule has 5 rings (SSSR count). The lowest BCUT2D eigenvalue weighted by molar-refractivity contribution is 0.0988. The average molecular weight is 524 g/mol. The molecule has 0 saturated carbocycles. The van der Waals surface area contributed by atoms with Crippen LogP contribution in [-0.2, 0) is 7.05 Å². The molecule has 0 radical (unpaired) electrons. The summed E-state index contributed by atoms with van der Waals surface area (Å²) < 4.78 is 8.72. The highest BCUT2D eigenvalue weighted by atomic mass is 16.5. The fourth-order valence-electron chi connectivity index (χ4n) is 3.96. The number of anilines is 4. The van der Waals surface area contributed by atoms with Gasteiger partial charge in [0.05, 0.1) is 41.5 Å². The van der Waals surface area contributed by atoms with Gasteiger partial charge in [-0.3, -0.25) is 18.8 Å². The summed E-state index contributed by atoms with van der Waals surface area (Å²) in [6.45, 7) is 1.80. The summed E-state index contributed by atoms with van der Waals surface area (Å²) in [5.41, 5.74) is 2.68. The maximum Gasteiger partial charge on any atom is 0.257 e. The van der Waals surface area contributed by atoms with Crippen LogP contribution in [0.25, 0.3) is 17.1 Å². The normalized spacial score (nSPS) is 10.7. The van der Waals surface area contributed by atoms with Crippen LogP contribution in [0.4, 0.5) is 23.0 Å². The molecule has 12 nitrogen and oxygen atoms in total. The predicted molar refractivity (Wildman–Crippen MR) is 146 cm³/mol. The molecule has 4 aromatic heterocycles. The SMILES string of the molecule is CCC(=O)c1cnc(Nc2ccc(-n3cnccc3=O)cn2)cc1Nc1cccc(-c2ncn(C)n2)c1OC. The lowest BCUT2D eigenvalue weighted by Crippen LogP contribution is -2.16.